The van der Waals surface area contributed by atoms with Gasteiger partial charge in [0.25, 0.3) is 0 Å². The van der Waals surface area contributed by atoms with Gasteiger partial charge in [0, 0.05) is 33.3 Å². The first kappa shape index (κ1) is 14.3. The molecule has 2 aliphatic heterocycles. The molecule has 0 aromatic heterocycles. The van der Waals surface area contributed by atoms with Crippen molar-refractivity contribution in [1.82, 2.24) is 15.1 Å². The average Bonchev–Trinajstić information content (AvgIpc) is 2.48. The smallest absolute Gasteiger partial charge is 0.248 e. The van der Waals surface area contributed by atoms with Crippen LogP contribution >= 0.6 is 0 Å². The van der Waals surface area contributed by atoms with Gasteiger partial charge in [0.2, 0.25) is 11.8 Å². The largest absolute Gasteiger partial charge is 0.375 e. The van der Waals surface area contributed by atoms with Gasteiger partial charge in [-0.3, -0.25) is 9.59 Å². The zero-order valence-corrected chi connectivity index (χ0v) is 11.6. The molecule has 1 N–H and O–H groups in total. The van der Waals surface area contributed by atoms with Crippen LogP contribution in [0.3, 0.4) is 0 Å². The molecule has 108 valence electrons. The molecule has 6 nitrogen and oxygen atoms in total. The van der Waals surface area contributed by atoms with E-state index in [0.717, 1.165) is 25.8 Å². The Balaban J connectivity index is 1.79. The third-order valence-electron chi connectivity index (χ3n) is 3.82. The van der Waals surface area contributed by atoms with Crippen molar-refractivity contribution in [2.75, 3.05) is 46.4 Å². The number of hydrogen-bond acceptors (Lipinski definition) is 4. The molecule has 19 heavy (non-hydrogen) atoms. The lowest BCUT2D eigenvalue weighted by molar-refractivity contribution is -0.143. The second kappa shape index (κ2) is 6.86. The second-order valence-electron chi connectivity index (χ2n) is 5.14. The van der Waals surface area contributed by atoms with Gasteiger partial charge < -0.3 is 19.9 Å². The van der Waals surface area contributed by atoms with Crippen LogP contribution in [0.4, 0.5) is 0 Å². The Morgan fingerprint density at radius 3 is 2.42 bits per heavy atom. The number of carbonyl (C=O) groups is 2. The molecule has 1 atom stereocenters. The molecule has 2 fully saturated rings. The van der Waals surface area contributed by atoms with E-state index >= 15 is 0 Å². The van der Waals surface area contributed by atoms with Crippen molar-refractivity contribution >= 4 is 11.8 Å². The predicted molar refractivity (Wildman–Crippen MR) is 70.7 cm³/mol. The van der Waals surface area contributed by atoms with Crippen LogP contribution in [-0.4, -0.2) is 74.1 Å². The number of nitrogens with one attached hydrogen (secondary N) is 1. The first-order valence-electron chi connectivity index (χ1n) is 7.01. The number of carbonyl (C=O) groups excluding carboxylic acids is 2. The lowest BCUT2D eigenvalue weighted by Gasteiger charge is -2.37. The number of rotatable bonds is 3. The van der Waals surface area contributed by atoms with E-state index in [-0.39, 0.29) is 24.5 Å². The van der Waals surface area contributed by atoms with Gasteiger partial charge in [0.05, 0.1) is 6.04 Å². The number of ether oxygens (including phenoxy) is 1. The summed E-state index contributed by atoms with van der Waals surface area (Å²) >= 11 is 0. The standard InChI is InChI=1S/C13H23N3O3/c1-19-10-12(17)15-6-8-16(9-7-15)13(18)11-4-2-3-5-14-11/h11,14H,2-10H2,1H3/t11-/m1/s1. The van der Waals surface area contributed by atoms with Gasteiger partial charge in [-0.05, 0) is 19.4 Å². The summed E-state index contributed by atoms with van der Waals surface area (Å²) < 4.78 is 4.84. The van der Waals surface area contributed by atoms with E-state index in [4.69, 9.17) is 4.74 Å². The van der Waals surface area contributed by atoms with Crippen LogP contribution in [-0.2, 0) is 14.3 Å². The predicted octanol–water partition coefficient (Wildman–Crippen LogP) is -0.554. The van der Waals surface area contributed by atoms with E-state index in [9.17, 15) is 9.59 Å². The Bertz CT molecular complexity index is 321. The van der Waals surface area contributed by atoms with E-state index in [2.05, 4.69) is 5.32 Å². The van der Waals surface area contributed by atoms with Crippen LogP contribution in [0.5, 0.6) is 0 Å². The number of piperidine rings is 1. The summed E-state index contributed by atoms with van der Waals surface area (Å²) in [6.45, 7) is 3.54. The van der Waals surface area contributed by atoms with Crippen molar-refractivity contribution in [1.29, 1.82) is 0 Å². The molecule has 0 saturated carbocycles. The summed E-state index contributed by atoms with van der Waals surface area (Å²) in [5.74, 6) is 0.198. The minimum atomic E-state index is -0.0185. The molecule has 2 amide bonds. The summed E-state index contributed by atoms with van der Waals surface area (Å²) in [5.41, 5.74) is 0. The summed E-state index contributed by atoms with van der Waals surface area (Å²) in [5, 5.41) is 3.28. The zero-order valence-electron chi connectivity index (χ0n) is 11.6. The highest BCUT2D eigenvalue weighted by atomic mass is 16.5. The fourth-order valence-corrected chi connectivity index (χ4v) is 2.67. The van der Waals surface area contributed by atoms with Crippen LogP contribution in [0, 0.1) is 0 Å². The van der Waals surface area contributed by atoms with Crippen molar-refractivity contribution < 1.29 is 14.3 Å². The third-order valence-corrected chi connectivity index (χ3v) is 3.82. The number of piperazine rings is 1. The highest BCUT2D eigenvalue weighted by Gasteiger charge is 2.29. The minimum absolute atomic E-state index is 0.00499. The van der Waals surface area contributed by atoms with E-state index in [1.165, 1.54) is 7.11 Å². The maximum atomic E-state index is 12.3. The molecule has 0 aliphatic carbocycles. The molecular formula is C13H23N3O3. The lowest BCUT2D eigenvalue weighted by Crippen LogP contribution is -2.56. The number of methoxy groups -OCH3 is 1. The minimum Gasteiger partial charge on any atom is -0.375 e. The maximum Gasteiger partial charge on any atom is 0.248 e. The molecule has 6 heteroatoms. The summed E-state index contributed by atoms with van der Waals surface area (Å²) in [6, 6.07) is -0.0185. The average molecular weight is 269 g/mol. The van der Waals surface area contributed by atoms with E-state index in [1.807, 2.05) is 4.90 Å². The molecule has 2 heterocycles. The Hall–Kier alpha value is -1.14. The normalized spacial score (nSPS) is 24.4. The lowest BCUT2D eigenvalue weighted by atomic mass is 10.0. The number of hydrogen-bond donors (Lipinski definition) is 1. The van der Waals surface area contributed by atoms with Gasteiger partial charge in [0.1, 0.15) is 6.61 Å². The highest BCUT2D eigenvalue weighted by Crippen LogP contribution is 2.12. The Labute approximate surface area is 114 Å². The molecule has 2 aliphatic rings. The Morgan fingerprint density at radius 2 is 1.84 bits per heavy atom. The summed E-state index contributed by atoms with van der Waals surface area (Å²) in [7, 11) is 1.52. The Kier molecular flexibility index (Phi) is 5.15. The van der Waals surface area contributed by atoms with Gasteiger partial charge in [0.15, 0.2) is 0 Å². The van der Waals surface area contributed by atoms with Crippen LogP contribution < -0.4 is 5.32 Å². The molecule has 0 aromatic carbocycles. The van der Waals surface area contributed by atoms with Crippen molar-refractivity contribution in [3.8, 4) is 0 Å². The first-order valence-corrected chi connectivity index (χ1v) is 7.01. The fraction of sp³-hybridized carbons (Fsp3) is 0.846. The molecule has 0 bridgehead atoms. The van der Waals surface area contributed by atoms with Gasteiger partial charge in [-0.1, -0.05) is 6.42 Å². The monoisotopic (exact) mass is 269 g/mol. The molecule has 2 rings (SSSR count). The van der Waals surface area contributed by atoms with Gasteiger partial charge >= 0.3 is 0 Å². The molecule has 0 spiro atoms. The van der Waals surface area contributed by atoms with Crippen LogP contribution in [0.1, 0.15) is 19.3 Å². The number of nitrogens with zero attached hydrogens (tertiary/aromatic N) is 2. The molecular weight excluding hydrogens is 246 g/mol. The molecule has 2 saturated heterocycles. The topological polar surface area (TPSA) is 61.9 Å². The van der Waals surface area contributed by atoms with Crippen LogP contribution in [0.15, 0.2) is 0 Å². The van der Waals surface area contributed by atoms with E-state index < -0.39 is 0 Å². The quantitative estimate of drug-likeness (QED) is 0.746. The third kappa shape index (κ3) is 3.67. The SMILES string of the molecule is COCC(=O)N1CCN(C(=O)[C@H]2CCCCN2)CC1. The Morgan fingerprint density at radius 1 is 1.16 bits per heavy atom. The zero-order chi connectivity index (χ0) is 13.7. The van der Waals surface area contributed by atoms with Crippen molar-refractivity contribution in [3.05, 3.63) is 0 Å². The fourth-order valence-electron chi connectivity index (χ4n) is 2.67. The molecule has 0 unspecified atom stereocenters. The van der Waals surface area contributed by atoms with Gasteiger partial charge in [-0.2, -0.15) is 0 Å². The van der Waals surface area contributed by atoms with Crippen molar-refractivity contribution in [3.63, 3.8) is 0 Å². The maximum absolute atomic E-state index is 12.3. The molecule has 0 radical (unpaired) electrons. The summed E-state index contributed by atoms with van der Waals surface area (Å²) in [6.07, 6.45) is 3.21. The van der Waals surface area contributed by atoms with Crippen LogP contribution in [0.25, 0.3) is 0 Å². The van der Waals surface area contributed by atoms with E-state index in [1.54, 1.807) is 4.90 Å². The highest BCUT2D eigenvalue weighted by molar-refractivity contribution is 5.82. The van der Waals surface area contributed by atoms with Gasteiger partial charge in [-0.15, -0.1) is 0 Å². The van der Waals surface area contributed by atoms with Crippen molar-refractivity contribution in [2.24, 2.45) is 0 Å². The van der Waals surface area contributed by atoms with Crippen molar-refractivity contribution in [2.45, 2.75) is 25.3 Å². The second-order valence-corrected chi connectivity index (χ2v) is 5.14. The van der Waals surface area contributed by atoms with E-state index in [0.29, 0.717) is 26.2 Å². The van der Waals surface area contributed by atoms with Crippen LogP contribution in [0.2, 0.25) is 0 Å². The molecule has 0 aromatic rings. The number of amides is 2. The first-order chi connectivity index (χ1) is 9.22. The van der Waals surface area contributed by atoms with Gasteiger partial charge in [-0.25, -0.2) is 0 Å². The summed E-state index contributed by atoms with van der Waals surface area (Å²) in [4.78, 5) is 27.6.